The number of carbonyl (C=O) groups excluding carboxylic acids is 2. The number of H-pyrrole nitrogens is 1. The summed E-state index contributed by atoms with van der Waals surface area (Å²) in [5.74, 6) is -0.455. The van der Waals surface area contributed by atoms with E-state index in [1.807, 2.05) is 69.6 Å². The molecule has 2 amide bonds. The quantitative estimate of drug-likeness (QED) is 0.440. The summed E-state index contributed by atoms with van der Waals surface area (Å²) in [6, 6.07) is 17.5. The molecule has 3 rings (SSSR count). The number of nitrogens with one attached hydrogen (secondary N) is 3. The van der Waals surface area contributed by atoms with Crippen molar-refractivity contribution in [3.63, 3.8) is 0 Å². The summed E-state index contributed by atoms with van der Waals surface area (Å²) < 4.78 is 0. The van der Waals surface area contributed by atoms with Crippen LogP contribution in [0.25, 0.3) is 10.9 Å². The number of benzene rings is 2. The Kier molecular flexibility index (Phi) is 7.70. The average Bonchev–Trinajstić information content (AvgIpc) is 3.19. The van der Waals surface area contributed by atoms with Gasteiger partial charge in [-0.15, -0.1) is 0 Å². The van der Waals surface area contributed by atoms with Gasteiger partial charge in [-0.1, -0.05) is 50.2 Å². The highest BCUT2D eigenvalue weighted by Crippen LogP contribution is 2.19. The highest BCUT2D eigenvalue weighted by atomic mass is 16.2. The van der Waals surface area contributed by atoms with Crippen LogP contribution in [-0.2, 0) is 16.0 Å². The lowest BCUT2D eigenvalue weighted by Crippen LogP contribution is -2.49. The first-order chi connectivity index (χ1) is 15.0. The van der Waals surface area contributed by atoms with Gasteiger partial charge in [0.15, 0.2) is 0 Å². The predicted molar refractivity (Wildman–Crippen MR) is 126 cm³/mol. The molecule has 1 heterocycles. The SMILES string of the molecule is CC(C)C(=O)NC(Cc1c[nH]c2ccccc12)C(=O)NCCCN(C)c1ccccc1. The van der Waals surface area contributed by atoms with E-state index in [1.165, 1.54) is 0 Å². The number of rotatable bonds is 10. The molecule has 0 aliphatic carbocycles. The lowest BCUT2D eigenvalue weighted by Gasteiger charge is -2.21. The molecule has 1 aromatic heterocycles. The zero-order valence-corrected chi connectivity index (χ0v) is 18.5. The van der Waals surface area contributed by atoms with Gasteiger partial charge in [0.2, 0.25) is 11.8 Å². The Morgan fingerprint density at radius 3 is 2.45 bits per heavy atom. The maximum atomic E-state index is 12.9. The molecule has 0 saturated carbocycles. The van der Waals surface area contributed by atoms with Crippen LogP contribution in [0.3, 0.4) is 0 Å². The van der Waals surface area contributed by atoms with Crippen LogP contribution < -0.4 is 15.5 Å². The average molecular weight is 421 g/mol. The summed E-state index contributed by atoms with van der Waals surface area (Å²) >= 11 is 0. The highest BCUT2D eigenvalue weighted by Gasteiger charge is 2.23. The number of para-hydroxylation sites is 2. The molecule has 31 heavy (non-hydrogen) atoms. The van der Waals surface area contributed by atoms with Crippen molar-refractivity contribution in [1.29, 1.82) is 0 Å². The Hall–Kier alpha value is -3.28. The minimum absolute atomic E-state index is 0.121. The molecule has 6 nitrogen and oxygen atoms in total. The van der Waals surface area contributed by atoms with Crippen LogP contribution in [-0.4, -0.2) is 43.0 Å². The zero-order chi connectivity index (χ0) is 22.2. The third-order valence-corrected chi connectivity index (χ3v) is 5.42. The molecular formula is C25H32N4O2. The molecule has 3 aromatic rings. The lowest BCUT2D eigenvalue weighted by molar-refractivity contribution is -0.130. The van der Waals surface area contributed by atoms with Crippen molar-refractivity contribution < 1.29 is 9.59 Å². The van der Waals surface area contributed by atoms with Crippen LogP contribution in [0.15, 0.2) is 60.8 Å². The molecule has 6 heteroatoms. The molecule has 1 atom stereocenters. The topological polar surface area (TPSA) is 77.2 Å². The molecule has 164 valence electrons. The number of hydrogen-bond acceptors (Lipinski definition) is 3. The van der Waals surface area contributed by atoms with Crippen LogP contribution in [0.4, 0.5) is 5.69 Å². The van der Waals surface area contributed by atoms with Crippen molar-refractivity contribution in [2.24, 2.45) is 5.92 Å². The number of fused-ring (bicyclic) bond motifs is 1. The summed E-state index contributed by atoms with van der Waals surface area (Å²) in [5.41, 5.74) is 3.19. The van der Waals surface area contributed by atoms with Crippen LogP contribution >= 0.6 is 0 Å². The summed E-state index contributed by atoms with van der Waals surface area (Å²) in [5, 5.41) is 7.00. The van der Waals surface area contributed by atoms with Gasteiger partial charge in [0, 0.05) is 55.3 Å². The number of anilines is 1. The van der Waals surface area contributed by atoms with Crippen molar-refractivity contribution in [1.82, 2.24) is 15.6 Å². The van der Waals surface area contributed by atoms with E-state index in [4.69, 9.17) is 0 Å². The van der Waals surface area contributed by atoms with Crippen molar-refractivity contribution in [3.8, 4) is 0 Å². The number of aromatic nitrogens is 1. The Balaban J connectivity index is 1.59. The number of nitrogens with zero attached hydrogens (tertiary/aromatic N) is 1. The fraction of sp³-hybridized carbons (Fsp3) is 0.360. The molecule has 0 fully saturated rings. The second kappa shape index (κ2) is 10.7. The Morgan fingerprint density at radius 2 is 1.71 bits per heavy atom. The van der Waals surface area contributed by atoms with Gasteiger partial charge in [0.25, 0.3) is 0 Å². The van der Waals surface area contributed by atoms with Gasteiger partial charge >= 0.3 is 0 Å². The number of carbonyl (C=O) groups is 2. The normalized spacial score (nSPS) is 12.0. The minimum Gasteiger partial charge on any atom is -0.375 e. The first kappa shape index (κ1) is 22.4. The molecule has 1 unspecified atom stereocenters. The van der Waals surface area contributed by atoms with Crippen LogP contribution in [0.1, 0.15) is 25.8 Å². The maximum absolute atomic E-state index is 12.9. The molecular weight excluding hydrogens is 388 g/mol. The van der Waals surface area contributed by atoms with Gasteiger partial charge in [-0.05, 0) is 30.2 Å². The number of hydrogen-bond donors (Lipinski definition) is 3. The molecule has 2 aromatic carbocycles. The van der Waals surface area contributed by atoms with Crippen LogP contribution in [0.5, 0.6) is 0 Å². The molecule has 0 aliphatic heterocycles. The van der Waals surface area contributed by atoms with Crippen LogP contribution in [0, 0.1) is 5.92 Å². The second-order valence-corrected chi connectivity index (χ2v) is 8.18. The Bertz CT molecular complexity index is 997. The second-order valence-electron chi connectivity index (χ2n) is 8.18. The first-order valence-electron chi connectivity index (χ1n) is 10.8. The Labute approximate surface area is 184 Å². The summed E-state index contributed by atoms with van der Waals surface area (Å²) in [7, 11) is 2.04. The fourth-order valence-corrected chi connectivity index (χ4v) is 3.53. The monoisotopic (exact) mass is 420 g/mol. The van der Waals surface area contributed by atoms with Crippen LogP contribution in [0.2, 0.25) is 0 Å². The predicted octanol–water partition coefficient (Wildman–Crippen LogP) is 3.49. The van der Waals surface area contributed by atoms with Crippen molar-refractivity contribution in [2.75, 3.05) is 25.0 Å². The molecule has 0 bridgehead atoms. The first-order valence-corrected chi connectivity index (χ1v) is 10.8. The van der Waals surface area contributed by atoms with E-state index in [0.717, 1.165) is 35.1 Å². The van der Waals surface area contributed by atoms with E-state index >= 15 is 0 Å². The van der Waals surface area contributed by atoms with E-state index in [0.29, 0.717) is 13.0 Å². The standard InChI is InChI=1S/C25H32N4O2/c1-18(2)24(30)28-23(16-19-17-27-22-13-8-7-12-21(19)22)25(31)26-14-9-15-29(3)20-10-5-4-6-11-20/h4-8,10-13,17-18,23,27H,9,14-16H2,1-3H3,(H,26,31)(H,28,30). The van der Waals surface area contributed by atoms with Crippen molar-refractivity contribution >= 4 is 28.4 Å². The van der Waals surface area contributed by atoms with E-state index in [9.17, 15) is 9.59 Å². The van der Waals surface area contributed by atoms with Crippen molar-refractivity contribution in [2.45, 2.75) is 32.7 Å². The van der Waals surface area contributed by atoms with Gasteiger partial charge < -0.3 is 20.5 Å². The third-order valence-electron chi connectivity index (χ3n) is 5.42. The summed E-state index contributed by atoms with van der Waals surface area (Å²) in [4.78, 5) is 30.7. The minimum atomic E-state index is -0.610. The van der Waals surface area contributed by atoms with Gasteiger partial charge in [-0.25, -0.2) is 0 Å². The highest BCUT2D eigenvalue weighted by molar-refractivity contribution is 5.90. The lowest BCUT2D eigenvalue weighted by atomic mass is 10.0. The molecule has 0 aliphatic rings. The van der Waals surface area contributed by atoms with Gasteiger partial charge in [0.05, 0.1) is 0 Å². The zero-order valence-electron chi connectivity index (χ0n) is 18.5. The largest absolute Gasteiger partial charge is 0.375 e. The number of amides is 2. The molecule has 0 saturated heterocycles. The van der Waals surface area contributed by atoms with E-state index in [2.05, 4.69) is 32.7 Å². The van der Waals surface area contributed by atoms with E-state index in [-0.39, 0.29) is 17.7 Å². The third kappa shape index (κ3) is 6.10. The fourth-order valence-electron chi connectivity index (χ4n) is 3.53. The Morgan fingerprint density at radius 1 is 1.00 bits per heavy atom. The van der Waals surface area contributed by atoms with E-state index in [1.54, 1.807) is 0 Å². The van der Waals surface area contributed by atoms with Gasteiger partial charge in [-0.3, -0.25) is 9.59 Å². The maximum Gasteiger partial charge on any atom is 0.242 e. The van der Waals surface area contributed by atoms with Crippen molar-refractivity contribution in [3.05, 3.63) is 66.4 Å². The molecule has 0 radical (unpaired) electrons. The summed E-state index contributed by atoms with van der Waals surface area (Å²) in [6.07, 6.45) is 3.18. The molecule has 3 N–H and O–H groups in total. The van der Waals surface area contributed by atoms with Gasteiger partial charge in [-0.2, -0.15) is 0 Å². The van der Waals surface area contributed by atoms with E-state index < -0.39 is 6.04 Å². The molecule has 0 spiro atoms. The van der Waals surface area contributed by atoms with Gasteiger partial charge in [0.1, 0.15) is 6.04 Å². The smallest absolute Gasteiger partial charge is 0.242 e. The summed E-state index contributed by atoms with van der Waals surface area (Å²) in [6.45, 7) is 5.04. The number of aromatic amines is 1.